The summed E-state index contributed by atoms with van der Waals surface area (Å²) in [7, 11) is 0. The SMILES string of the molecule is Fc1ccccc1-c1ccc(CN2CCN3CCC[C@@H]3C2)o1. The van der Waals surface area contributed by atoms with E-state index in [4.69, 9.17) is 4.42 Å². The van der Waals surface area contributed by atoms with Crippen molar-refractivity contribution < 1.29 is 8.81 Å². The summed E-state index contributed by atoms with van der Waals surface area (Å²) in [5, 5.41) is 0. The fourth-order valence-corrected chi connectivity index (χ4v) is 3.69. The number of hydrogen-bond donors (Lipinski definition) is 0. The fourth-order valence-electron chi connectivity index (χ4n) is 3.69. The standard InChI is InChI=1S/C18H21FN2O/c19-17-6-2-1-5-16(17)18-8-7-15(22-18)13-20-10-11-21-9-3-4-14(21)12-20/h1-2,5-8,14H,3-4,9-13H2/t14-/m1/s1. The van der Waals surface area contributed by atoms with E-state index in [2.05, 4.69) is 9.80 Å². The normalized spacial score (nSPS) is 22.9. The van der Waals surface area contributed by atoms with E-state index in [0.29, 0.717) is 11.3 Å². The van der Waals surface area contributed by atoms with Gasteiger partial charge in [-0.15, -0.1) is 0 Å². The van der Waals surface area contributed by atoms with Gasteiger partial charge < -0.3 is 4.42 Å². The van der Waals surface area contributed by atoms with Crippen LogP contribution in [-0.4, -0.2) is 42.0 Å². The Hall–Kier alpha value is -1.65. The molecule has 0 aliphatic carbocycles. The van der Waals surface area contributed by atoms with Crippen LogP contribution in [0.1, 0.15) is 18.6 Å². The van der Waals surface area contributed by atoms with Gasteiger partial charge in [-0.2, -0.15) is 0 Å². The molecule has 0 N–H and O–H groups in total. The maximum atomic E-state index is 13.8. The third kappa shape index (κ3) is 2.69. The summed E-state index contributed by atoms with van der Waals surface area (Å²) in [6, 6.07) is 11.3. The first-order valence-electron chi connectivity index (χ1n) is 8.09. The van der Waals surface area contributed by atoms with E-state index in [1.807, 2.05) is 18.2 Å². The predicted octanol–water partition coefficient (Wildman–Crippen LogP) is 3.37. The summed E-state index contributed by atoms with van der Waals surface area (Å²) in [5.74, 6) is 1.31. The minimum atomic E-state index is -0.233. The number of furan rings is 1. The Kier molecular flexibility index (Phi) is 3.72. The molecule has 0 radical (unpaired) electrons. The topological polar surface area (TPSA) is 19.6 Å². The van der Waals surface area contributed by atoms with Crippen molar-refractivity contribution in [1.82, 2.24) is 9.80 Å². The average molecular weight is 300 g/mol. The zero-order valence-corrected chi connectivity index (χ0v) is 12.7. The van der Waals surface area contributed by atoms with Crippen LogP contribution in [0.15, 0.2) is 40.8 Å². The van der Waals surface area contributed by atoms with Crippen LogP contribution in [0.4, 0.5) is 4.39 Å². The van der Waals surface area contributed by atoms with E-state index in [9.17, 15) is 4.39 Å². The summed E-state index contributed by atoms with van der Waals surface area (Å²) < 4.78 is 19.7. The molecule has 1 aromatic carbocycles. The summed E-state index contributed by atoms with van der Waals surface area (Å²) in [6.45, 7) is 5.45. The van der Waals surface area contributed by atoms with Gasteiger partial charge in [-0.1, -0.05) is 12.1 Å². The van der Waals surface area contributed by atoms with Crippen LogP contribution >= 0.6 is 0 Å². The van der Waals surface area contributed by atoms with Crippen LogP contribution in [0.5, 0.6) is 0 Å². The molecule has 2 fully saturated rings. The first-order chi connectivity index (χ1) is 10.8. The number of piperazine rings is 1. The molecule has 3 nitrogen and oxygen atoms in total. The van der Waals surface area contributed by atoms with Crippen molar-refractivity contribution in [2.24, 2.45) is 0 Å². The van der Waals surface area contributed by atoms with Crippen molar-refractivity contribution in [2.75, 3.05) is 26.2 Å². The average Bonchev–Trinajstić information content (AvgIpc) is 3.16. The van der Waals surface area contributed by atoms with Crippen LogP contribution < -0.4 is 0 Å². The van der Waals surface area contributed by atoms with Crippen molar-refractivity contribution in [3.8, 4) is 11.3 Å². The summed E-state index contributed by atoms with van der Waals surface area (Å²) in [5.41, 5.74) is 0.536. The Labute approximate surface area is 130 Å². The maximum Gasteiger partial charge on any atom is 0.137 e. The molecule has 3 heterocycles. The molecule has 0 saturated carbocycles. The molecule has 0 spiro atoms. The van der Waals surface area contributed by atoms with Crippen LogP contribution in [0.3, 0.4) is 0 Å². The van der Waals surface area contributed by atoms with E-state index in [1.165, 1.54) is 25.5 Å². The Balaban J connectivity index is 1.45. The predicted molar refractivity (Wildman–Crippen MR) is 84.0 cm³/mol. The van der Waals surface area contributed by atoms with E-state index >= 15 is 0 Å². The van der Waals surface area contributed by atoms with E-state index in [-0.39, 0.29) is 5.82 Å². The lowest BCUT2D eigenvalue weighted by Gasteiger charge is -2.37. The highest BCUT2D eigenvalue weighted by molar-refractivity contribution is 5.58. The van der Waals surface area contributed by atoms with E-state index in [1.54, 1.807) is 12.1 Å². The minimum absolute atomic E-state index is 0.233. The minimum Gasteiger partial charge on any atom is -0.460 e. The van der Waals surface area contributed by atoms with Gasteiger partial charge in [-0.05, 0) is 43.7 Å². The summed E-state index contributed by atoms with van der Waals surface area (Å²) in [4.78, 5) is 5.06. The van der Waals surface area contributed by atoms with E-state index < -0.39 is 0 Å². The monoisotopic (exact) mass is 300 g/mol. The molecule has 0 unspecified atom stereocenters. The van der Waals surface area contributed by atoms with Gasteiger partial charge in [0.15, 0.2) is 0 Å². The Morgan fingerprint density at radius 2 is 2.00 bits per heavy atom. The molecule has 2 aliphatic rings. The zero-order valence-electron chi connectivity index (χ0n) is 12.7. The number of halogens is 1. The van der Waals surface area contributed by atoms with Crippen LogP contribution in [0.25, 0.3) is 11.3 Å². The second-order valence-corrected chi connectivity index (χ2v) is 6.31. The molecule has 0 bridgehead atoms. The Morgan fingerprint density at radius 1 is 1.09 bits per heavy atom. The van der Waals surface area contributed by atoms with E-state index in [0.717, 1.165) is 38.0 Å². The van der Waals surface area contributed by atoms with Crippen LogP contribution in [0.2, 0.25) is 0 Å². The molecule has 22 heavy (non-hydrogen) atoms. The number of benzene rings is 1. The molecule has 2 aromatic rings. The van der Waals surface area contributed by atoms with Gasteiger partial charge in [0.25, 0.3) is 0 Å². The first kappa shape index (κ1) is 14.0. The van der Waals surface area contributed by atoms with Crippen molar-refractivity contribution in [3.63, 3.8) is 0 Å². The molecule has 4 rings (SSSR count). The summed E-state index contributed by atoms with van der Waals surface area (Å²) >= 11 is 0. The number of fused-ring (bicyclic) bond motifs is 1. The highest BCUT2D eigenvalue weighted by atomic mass is 19.1. The van der Waals surface area contributed by atoms with Crippen molar-refractivity contribution in [1.29, 1.82) is 0 Å². The smallest absolute Gasteiger partial charge is 0.137 e. The lowest BCUT2D eigenvalue weighted by Crippen LogP contribution is -2.49. The molecule has 0 amide bonds. The molecule has 1 aromatic heterocycles. The largest absolute Gasteiger partial charge is 0.460 e. The lowest BCUT2D eigenvalue weighted by molar-refractivity contribution is 0.0943. The Morgan fingerprint density at radius 3 is 2.91 bits per heavy atom. The van der Waals surface area contributed by atoms with Crippen LogP contribution in [0, 0.1) is 5.82 Å². The molecule has 2 aliphatic heterocycles. The second-order valence-electron chi connectivity index (χ2n) is 6.31. The number of hydrogen-bond acceptors (Lipinski definition) is 3. The molecular weight excluding hydrogens is 279 g/mol. The number of nitrogens with zero attached hydrogens (tertiary/aromatic N) is 2. The van der Waals surface area contributed by atoms with Gasteiger partial charge in [0.05, 0.1) is 12.1 Å². The highest BCUT2D eigenvalue weighted by Crippen LogP contribution is 2.27. The Bertz CT molecular complexity index is 654. The third-order valence-corrected chi connectivity index (χ3v) is 4.85. The second kappa shape index (κ2) is 5.86. The van der Waals surface area contributed by atoms with Crippen molar-refractivity contribution in [2.45, 2.75) is 25.4 Å². The summed E-state index contributed by atoms with van der Waals surface area (Å²) in [6.07, 6.45) is 2.64. The third-order valence-electron chi connectivity index (χ3n) is 4.85. The molecule has 116 valence electrons. The lowest BCUT2D eigenvalue weighted by atomic mass is 10.1. The molecule has 1 atom stereocenters. The quantitative estimate of drug-likeness (QED) is 0.866. The first-order valence-corrected chi connectivity index (χ1v) is 8.09. The molecule has 4 heteroatoms. The van der Waals surface area contributed by atoms with Gasteiger partial charge in [0, 0.05) is 25.7 Å². The van der Waals surface area contributed by atoms with Gasteiger partial charge in [-0.3, -0.25) is 9.80 Å². The van der Waals surface area contributed by atoms with Gasteiger partial charge in [0.2, 0.25) is 0 Å². The van der Waals surface area contributed by atoms with Gasteiger partial charge >= 0.3 is 0 Å². The molecule has 2 saturated heterocycles. The van der Waals surface area contributed by atoms with Crippen molar-refractivity contribution in [3.05, 3.63) is 48.0 Å². The van der Waals surface area contributed by atoms with Gasteiger partial charge in [-0.25, -0.2) is 4.39 Å². The fraction of sp³-hybridized carbons (Fsp3) is 0.444. The molecular formula is C18H21FN2O. The van der Waals surface area contributed by atoms with Gasteiger partial charge in [0.1, 0.15) is 17.3 Å². The number of rotatable bonds is 3. The zero-order chi connectivity index (χ0) is 14.9. The van der Waals surface area contributed by atoms with Crippen LogP contribution in [-0.2, 0) is 6.54 Å². The van der Waals surface area contributed by atoms with Crippen molar-refractivity contribution >= 4 is 0 Å². The maximum absolute atomic E-state index is 13.8. The highest BCUT2D eigenvalue weighted by Gasteiger charge is 2.30.